The smallest absolute Gasteiger partial charge is 0.410 e. The average Bonchev–Trinajstić information content (AvgIpc) is 2.90. The van der Waals surface area contributed by atoms with E-state index in [1.165, 1.54) is 0 Å². The molecule has 1 atom stereocenters. The van der Waals surface area contributed by atoms with Crippen LogP contribution in [-0.2, 0) is 9.47 Å². The zero-order chi connectivity index (χ0) is 20.2. The minimum absolute atomic E-state index is 0.160. The highest BCUT2D eigenvalue weighted by Crippen LogP contribution is 2.18. The number of aliphatic imine (C=N–C) groups is 1. The maximum Gasteiger partial charge on any atom is 0.410 e. The van der Waals surface area contributed by atoms with Gasteiger partial charge in [-0.15, -0.1) is 0 Å². The second-order valence-electron chi connectivity index (χ2n) is 8.79. The third-order valence-electron chi connectivity index (χ3n) is 3.93. The first-order chi connectivity index (χ1) is 12.4. The lowest BCUT2D eigenvalue weighted by molar-refractivity contribution is 0.0137. The first kappa shape index (κ1) is 21.1. The Labute approximate surface area is 161 Å². The van der Waals surface area contributed by atoms with Crippen LogP contribution in [-0.4, -0.2) is 84.5 Å². The predicted octanol–water partition coefficient (Wildman–Crippen LogP) is 1.39. The normalized spacial score (nSPS) is 19.9. The first-order valence-electron chi connectivity index (χ1n) is 9.44. The fraction of sp³-hybridized carbons (Fsp3) is 0.833. The van der Waals surface area contributed by atoms with E-state index in [1.807, 2.05) is 41.5 Å². The van der Waals surface area contributed by atoms with Crippen molar-refractivity contribution in [2.75, 3.05) is 39.3 Å². The number of carbonyl (C=O) groups excluding carboxylic acids is 2. The van der Waals surface area contributed by atoms with Crippen LogP contribution in [0.2, 0.25) is 0 Å². The summed E-state index contributed by atoms with van der Waals surface area (Å²) in [7, 11) is 0. The van der Waals surface area contributed by atoms with Crippen molar-refractivity contribution in [2.45, 2.75) is 58.8 Å². The Hall–Kier alpha value is -2.19. The van der Waals surface area contributed by atoms with Crippen LogP contribution in [0, 0.1) is 0 Å². The lowest BCUT2D eigenvalue weighted by Crippen LogP contribution is -2.57. The molecular formula is C18H33N5O4. The van der Waals surface area contributed by atoms with E-state index in [1.54, 1.807) is 4.90 Å². The van der Waals surface area contributed by atoms with Crippen molar-refractivity contribution in [3.63, 3.8) is 0 Å². The molecule has 0 spiro atoms. The molecule has 0 aliphatic carbocycles. The molecular weight excluding hydrogens is 350 g/mol. The molecule has 154 valence electrons. The molecule has 9 heteroatoms. The van der Waals surface area contributed by atoms with Gasteiger partial charge in [-0.3, -0.25) is 4.99 Å². The number of rotatable bonds is 3. The molecule has 0 radical (unpaired) electrons. The summed E-state index contributed by atoms with van der Waals surface area (Å²) in [5.74, 6) is 0.815. The minimum Gasteiger partial charge on any atom is -0.444 e. The number of carbonyl (C=O) groups is 2. The summed E-state index contributed by atoms with van der Waals surface area (Å²) in [5, 5.41) is 5.96. The molecule has 0 aromatic rings. The van der Waals surface area contributed by atoms with Crippen molar-refractivity contribution in [3.05, 3.63) is 0 Å². The second-order valence-corrected chi connectivity index (χ2v) is 8.79. The quantitative estimate of drug-likeness (QED) is 0.715. The van der Waals surface area contributed by atoms with Gasteiger partial charge in [0.05, 0.1) is 12.6 Å². The number of hydrogen-bond acceptors (Lipinski definition) is 7. The first-order valence-corrected chi connectivity index (χ1v) is 9.44. The molecule has 1 saturated heterocycles. The highest BCUT2D eigenvalue weighted by molar-refractivity contribution is 5.82. The van der Waals surface area contributed by atoms with E-state index in [0.29, 0.717) is 39.3 Å². The van der Waals surface area contributed by atoms with Gasteiger partial charge in [-0.05, 0) is 41.5 Å². The number of hydrogen-bond donors (Lipinski definition) is 2. The van der Waals surface area contributed by atoms with Crippen LogP contribution < -0.4 is 10.6 Å². The van der Waals surface area contributed by atoms with Gasteiger partial charge in [-0.2, -0.15) is 0 Å². The van der Waals surface area contributed by atoms with Crippen LogP contribution in [0.25, 0.3) is 0 Å². The van der Waals surface area contributed by atoms with Gasteiger partial charge in [0.15, 0.2) is 5.96 Å². The third-order valence-corrected chi connectivity index (χ3v) is 3.93. The number of ether oxygens (including phenoxy) is 2. The van der Waals surface area contributed by atoms with Crippen LogP contribution in [0.3, 0.4) is 0 Å². The van der Waals surface area contributed by atoms with Crippen LogP contribution in [0.1, 0.15) is 41.5 Å². The Bertz CT molecular complexity index is 579. The van der Waals surface area contributed by atoms with Gasteiger partial charge in [0.2, 0.25) is 0 Å². The second kappa shape index (κ2) is 8.22. The van der Waals surface area contributed by atoms with E-state index in [0.717, 1.165) is 5.96 Å². The fourth-order valence-corrected chi connectivity index (χ4v) is 2.88. The van der Waals surface area contributed by atoms with Gasteiger partial charge < -0.3 is 29.9 Å². The molecule has 0 saturated carbocycles. The van der Waals surface area contributed by atoms with E-state index < -0.39 is 17.3 Å². The number of nitrogens with zero attached hydrogens (tertiary/aromatic N) is 3. The van der Waals surface area contributed by atoms with Gasteiger partial charge in [0, 0.05) is 32.7 Å². The molecule has 9 nitrogen and oxygen atoms in total. The number of alkyl carbamates (subject to hydrolysis) is 1. The summed E-state index contributed by atoms with van der Waals surface area (Å²) < 4.78 is 10.6. The molecule has 27 heavy (non-hydrogen) atoms. The van der Waals surface area contributed by atoms with Crippen LogP contribution >= 0.6 is 0 Å². The molecule has 2 aliphatic heterocycles. The minimum atomic E-state index is -0.506. The van der Waals surface area contributed by atoms with E-state index >= 15 is 0 Å². The van der Waals surface area contributed by atoms with Crippen molar-refractivity contribution < 1.29 is 19.1 Å². The number of amides is 2. The highest BCUT2D eigenvalue weighted by Gasteiger charge is 2.36. The highest BCUT2D eigenvalue weighted by atomic mass is 16.6. The summed E-state index contributed by atoms with van der Waals surface area (Å²) >= 11 is 0. The number of guanidine groups is 1. The maximum atomic E-state index is 12.2. The van der Waals surface area contributed by atoms with Gasteiger partial charge in [0.1, 0.15) is 11.2 Å². The van der Waals surface area contributed by atoms with Crippen LogP contribution in [0.15, 0.2) is 4.99 Å². The molecule has 1 fully saturated rings. The maximum absolute atomic E-state index is 12.2. The zero-order valence-corrected chi connectivity index (χ0v) is 17.3. The van der Waals surface area contributed by atoms with Gasteiger partial charge in [0.25, 0.3) is 0 Å². The van der Waals surface area contributed by atoms with Crippen LogP contribution in [0.4, 0.5) is 9.59 Å². The molecule has 0 bridgehead atoms. The molecule has 2 N–H and O–H groups in total. The van der Waals surface area contributed by atoms with Crippen molar-refractivity contribution >= 4 is 18.1 Å². The largest absolute Gasteiger partial charge is 0.444 e. The summed E-state index contributed by atoms with van der Waals surface area (Å²) in [4.78, 5) is 32.3. The van der Waals surface area contributed by atoms with Crippen molar-refractivity contribution in [2.24, 2.45) is 4.99 Å². The van der Waals surface area contributed by atoms with Gasteiger partial charge >= 0.3 is 12.2 Å². The lowest BCUT2D eigenvalue weighted by Gasteiger charge is -2.39. The number of piperazine rings is 1. The summed E-state index contributed by atoms with van der Waals surface area (Å²) in [6.07, 6.45) is -0.702. The van der Waals surface area contributed by atoms with E-state index in [2.05, 4.69) is 20.5 Å². The van der Waals surface area contributed by atoms with Crippen molar-refractivity contribution in [1.29, 1.82) is 0 Å². The Morgan fingerprint density at radius 1 is 1.07 bits per heavy atom. The summed E-state index contributed by atoms with van der Waals surface area (Å²) in [6, 6.07) is 0.160. The van der Waals surface area contributed by atoms with Crippen molar-refractivity contribution in [1.82, 2.24) is 20.4 Å². The molecule has 0 aromatic heterocycles. The van der Waals surface area contributed by atoms with Gasteiger partial charge in [-0.25, -0.2) is 9.59 Å². The molecule has 2 amide bonds. The Kier molecular flexibility index (Phi) is 6.43. The molecule has 1 unspecified atom stereocenters. The lowest BCUT2D eigenvalue weighted by atomic mass is 10.2. The standard InChI is InChI=1S/C18H33N5O4/c1-17(2,3)26-15(24)20-8-7-19-14-21-11-13-12-22(9-10-23(13)14)16(25)27-18(4,5)6/h13H,7-12H2,1-6H3,(H,19,21)(H,20,24). The molecule has 2 aliphatic rings. The topological polar surface area (TPSA) is 95.5 Å². The summed E-state index contributed by atoms with van der Waals surface area (Å²) in [6.45, 7) is 14.6. The SMILES string of the molecule is CC(C)(C)OC(=O)NCCNC1=NCC2CN(C(=O)OC(C)(C)C)CCN12. The fourth-order valence-electron chi connectivity index (χ4n) is 2.88. The Morgan fingerprint density at radius 3 is 2.37 bits per heavy atom. The third kappa shape index (κ3) is 6.80. The molecule has 2 rings (SSSR count). The Balaban J connectivity index is 1.71. The van der Waals surface area contributed by atoms with E-state index in [-0.39, 0.29) is 12.1 Å². The van der Waals surface area contributed by atoms with Crippen molar-refractivity contribution in [3.8, 4) is 0 Å². The monoisotopic (exact) mass is 383 g/mol. The average molecular weight is 383 g/mol. The van der Waals surface area contributed by atoms with Gasteiger partial charge in [-0.1, -0.05) is 0 Å². The van der Waals surface area contributed by atoms with E-state index in [4.69, 9.17) is 9.47 Å². The molecule has 2 heterocycles. The zero-order valence-electron chi connectivity index (χ0n) is 17.3. The van der Waals surface area contributed by atoms with Crippen LogP contribution in [0.5, 0.6) is 0 Å². The number of nitrogens with one attached hydrogen (secondary N) is 2. The Morgan fingerprint density at radius 2 is 1.74 bits per heavy atom. The predicted molar refractivity (Wildman–Crippen MR) is 103 cm³/mol. The summed E-state index contributed by atoms with van der Waals surface area (Å²) in [5.41, 5.74) is -0.998. The van der Waals surface area contributed by atoms with E-state index in [9.17, 15) is 9.59 Å². The number of fused-ring (bicyclic) bond motifs is 1. The molecule has 0 aromatic carbocycles.